The van der Waals surface area contributed by atoms with Crippen molar-refractivity contribution in [3.63, 3.8) is 0 Å². The second-order valence-corrected chi connectivity index (χ2v) is 11.1. The van der Waals surface area contributed by atoms with Crippen LogP contribution < -0.4 is 0 Å². The highest BCUT2D eigenvalue weighted by atomic mass is 19.2. The van der Waals surface area contributed by atoms with E-state index in [9.17, 15) is 0 Å². The minimum Gasteiger partial charge on any atom is -0.203 e. The van der Waals surface area contributed by atoms with Gasteiger partial charge in [-0.05, 0) is 92.1 Å². The molecule has 4 rings (SSSR count). The van der Waals surface area contributed by atoms with Crippen molar-refractivity contribution in [3.8, 4) is 0 Å². The number of unbranched alkanes of at least 4 members (excludes halogenated alkanes) is 2. The third kappa shape index (κ3) is 5.72. The van der Waals surface area contributed by atoms with Crippen LogP contribution in [0, 0.1) is 29.4 Å². The van der Waals surface area contributed by atoms with Crippen molar-refractivity contribution in [1.29, 1.82) is 0 Å². The second-order valence-electron chi connectivity index (χ2n) is 11.1. The molecular weight excluding hydrogens is 386 g/mol. The summed E-state index contributed by atoms with van der Waals surface area (Å²) < 4.78 is 30.3. The third-order valence-corrected chi connectivity index (χ3v) is 9.17. The van der Waals surface area contributed by atoms with E-state index in [0.717, 1.165) is 43.4 Å². The quantitative estimate of drug-likeness (QED) is 0.378. The highest BCUT2D eigenvalue weighted by molar-refractivity contribution is 5.32. The Morgan fingerprint density at radius 2 is 1.16 bits per heavy atom. The molecule has 0 aromatic heterocycles. The Bertz CT molecular complexity index is 674. The van der Waals surface area contributed by atoms with Gasteiger partial charge in [-0.15, -0.1) is 0 Å². The molecule has 174 valence electrons. The van der Waals surface area contributed by atoms with Gasteiger partial charge < -0.3 is 0 Å². The molecule has 3 aliphatic rings. The summed E-state index contributed by atoms with van der Waals surface area (Å²) in [6, 6.07) is 3.90. The maximum absolute atomic E-state index is 15.2. The summed E-state index contributed by atoms with van der Waals surface area (Å²) >= 11 is 0. The molecule has 0 radical (unpaired) electrons. The molecule has 3 fully saturated rings. The highest BCUT2D eigenvalue weighted by Gasteiger charge is 2.32. The van der Waals surface area contributed by atoms with Gasteiger partial charge in [0, 0.05) is 0 Å². The maximum Gasteiger partial charge on any atom is 0.162 e. The van der Waals surface area contributed by atoms with E-state index in [0.29, 0.717) is 11.1 Å². The average Bonchev–Trinajstić information content (AvgIpc) is 2.82. The van der Waals surface area contributed by atoms with E-state index < -0.39 is 11.6 Å². The van der Waals surface area contributed by atoms with Gasteiger partial charge in [-0.1, -0.05) is 76.8 Å². The van der Waals surface area contributed by atoms with Crippen LogP contribution in [0.3, 0.4) is 0 Å². The molecule has 2 heteroatoms. The van der Waals surface area contributed by atoms with Gasteiger partial charge >= 0.3 is 0 Å². The van der Waals surface area contributed by atoms with Crippen LogP contribution in [-0.2, 0) is 0 Å². The fourth-order valence-corrected chi connectivity index (χ4v) is 7.16. The SMILES string of the molecule is CCCCCC1CCC(c2ccc(C3CCC(C4CCCCC4)CC3)c(F)c2F)CC1. The topological polar surface area (TPSA) is 0 Å². The molecule has 0 saturated heterocycles. The first-order chi connectivity index (χ1) is 15.2. The van der Waals surface area contributed by atoms with Gasteiger partial charge in [0.1, 0.15) is 0 Å². The third-order valence-electron chi connectivity index (χ3n) is 9.17. The molecular formula is C29H44F2. The second kappa shape index (κ2) is 11.3. The van der Waals surface area contributed by atoms with Crippen molar-refractivity contribution in [2.24, 2.45) is 17.8 Å². The van der Waals surface area contributed by atoms with Crippen molar-refractivity contribution < 1.29 is 8.78 Å². The van der Waals surface area contributed by atoms with Crippen LogP contribution in [0.4, 0.5) is 8.78 Å². The van der Waals surface area contributed by atoms with E-state index >= 15 is 8.78 Å². The van der Waals surface area contributed by atoms with E-state index in [1.165, 1.54) is 83.5 Å². The fraction of sp³-hybridized carbons (Fsp3) is 0.793. The molecule has 0 N–H and O–H groups in total. The van der Waals surface area contributed by atoms with Gasteiger partial charge in [-0.25, -0.2) is 8.78 Å². The van der Waals surface area contributed by atoms with Gasteiger partial charge in [-0.3, -0.25) is 0 Å². The minimum atomic E-state index is -0.527. The largest absolute Gasteiger partial charge is 0.203 e. The van der Waals surface area contributed by atoms with Gasteiger partial charge in [0.2, 0.25) is 0 Å². The Hall–Kier alpha value is -0.920. The first kappa shape index (κ1) is 23.2. The summed E-state index contributed by atoms with van der Waals surface area (Å²) in [4.78, 5) is 0. The van der Waals surface area contributed by atoms with Crippen LogP contribution in [-0.4, -0.2) is 0 Å². The van der Waals surface area contributed by atoms with Crippen LogP contribution in [0.1, 0.15) is 139 Å². The Morgan fingerprint density at radius 3 is 1.71 bits per heavy atom. The van der Waals surface area contributed by atoms with Gasteiger partial charge in [0.15, 0.2) is 11.6 Å². The molecule has 3 aliphatic carbocycles. The number of hydrogen-bond donors (Lipinski definition) is 0. The zero-order valence-electron chi connectivity index (χ0n) is 19.8. The first-order valence-corrected chi connectivity index (χ1v) is 13.6. The molecule has 0 heterocycles. The van der Waals surface area contributed by atoms with E-state index in [1.807, 2.05) is 12.1 Å². The molecule has 0 amide bonds. The summed E-state index contributed by atoms with van der Waals surface area (Å²) in [5.74, 6) is 1.91. The minimum absolute atomic E-state index is 0.216. The molecule has 0 aliphatic heterocycles. The number of halogens is 2. The summed E-state index contributed by atoms with van der Waals surface area (Å²) in [5, 5.41) is 0. The molecule has 0 nitrogen and oxygen atoms in total. The molecule has 3 saturated carbocycles. The fourth-order valence-electron chi connectivity index (χ4n) is 7.16. The Balaban J connectivity index is 1.33. The zero-order valence-corrected chi connectivity index (χ0v) is 19.8. The lowest BCUT2D eigenvalue weighted by Crippen LogP contribution is -2.23. The molecule has 1 aromatic rings. The van der Waals surface area contributed by atoms with Crippen molar-refractivity contribution in [2.75, 3.05) is 0 Å². The molecule has 0 atom stereocenters. The number of benzene rings is 1. The molecule has 0 unspecified atom stereocenters. The summed E-state index contributed by atoms with van der Waals surface area (Å²) in [5.41, 5.74) is 1.32. The van der Waals surface area contributed by atoms with Gasteiger partial charge in [0.05, 0.1) is 0 Å². The monoisotopic (exact) mass is 430 g/mol. The van der Waals surface area contributed by atoms with Crippen molar-refractivity contribution in [1.82, 2.24) is 0 Å². The van der Waals surface area contributed by atoms with Crippen LogP contribution in [0.15, 0.2) is 12.1 Å². The predicted octanol–water partition coefficient (Wildman–Crippen LogP) is 9.67. The first-order valence-electron chi connectivity index (χ1n) is 13.6. The Labute approximate surface area is 189 Å². The molecule has 0 spiro atoms. The normalized spacial score (nSPS) is 30.4. The van der Waals surface area contributed by atoms with Crippen LogP contribution >= 0.6 is 0 Å². The van der Waals surface area contributed by atoms with Gasteiger partial charge in [-0.2, -0.15) is 0 Å². The highest BCUT2D eigenvalue weighted by Crippen LogP contribution is 2.45. The zero-order chi connectivity index (χ0) is 21.6. The van der Waals surface area contributed by atoms with E-state index in [4.69, 9.17) is 0 Å². The van der Waals surface area contributed by atoms with Crippen LogP contribution in [0.25, 0.3) is 0 Å². The lowest BCUT2D eigenvalue weighted by molar-refractivity contribution is 0.185. The smallest absolute Gasteiger partial charge is 0.162 e. The standard InChI is InChI=1S/C29H44F2/c1-2-3-5-8-21-11-13-24(14-12-21)26-19-20-27(29(31)28(26)30)25-17-15-23(16-18-25)22-9-6-4-7-10-22/h19-25H,2-18H2,1H3. The molecule has 0 bridgehead atoms. The lowest BCUT2D eigenvalue weighted by Gasteiger charge is -2.36. The summed E-state index contributed by atoms with van der Waals surface area (Å²) in [6.45, 7) is 2.25. The van der Waals surface area contributed by atoms with Crippen molar-refractivity contribution in [2.45, 2.75) is 128 Å². The summed E-state index contributed by atoms with van der Waals surface area (Å²) in [7, 11) is 0. The number of hydrogen-bond acceptors (Lipinski definition) is 0. The summed E-state index contributed by atoms with van der Waals surface area (Å²) in [6.07, 6.45) is 21.2. The molecule has 31 heavy (non-hydrogen) atoms. The van der Waals surface area contributed by atoms with Gasteiger partial charge in [0.25, 0.3) is 0 Å². The molecule has 1 aromatic carbocycles. The van der Waals surface area contributed by atoms with Crippen molar-refractivity contribution in [3.05, 3.63) is 34.9 Å². The van der Waals surface area contributed by atoms with E-state index in [1.54, 1.807) is 0 Å². The van der Waals surface area contributed by atoms with E-state index in [-0.39, 0.29) is 11.8 Å². The number of rotatable bonds is 7. The average molecular weight is 431 g/mol. The maximum atomic E-state index is 15.2. The van der Waals surface area contributed by atoms with Crippen LogP contribution in [0.5, 0.6) is 0 Å². The Morgan fingerprint density at radius 1 is 0.645 bits per heavy atom. The predicted molar refractivity (Wildman–Crippen MR) is 126 cm³/mol. The van der Waals surface area contributed by atoms with Crippen molar-refractivity contribution >= 4 is 0 Å². The Kier molecular flexibility index (Phi) is 8.46. The lowest BCUT2D eigenvalue weighted by atomic mass is 9.69. The van der Waals surface area contributed by atoms with Crippen LogP contribution in [0.2, 0.25) is 0 Å². The van der Waals surface area contributed by atoms with E-state index in [2.05, 4.69) is 6.92 Å².